The van der Waals surface area contributed by atoms with Crippen LogP contribution in [0.15, 0.2) is 24.3 Å². The third-order valence-corrected chi connectivity index (χ3v) is 7.41. The third kappa shape index (κ3) is 1.50. The van der Waals surface area contributed by atoms with Crippen molar-refractivity contribution in [3.63, 3.8) is 0 Å². The summed E-state index contributed by atoms with van der Waals surface area (Å²) in [7, 11) is 3.94. The van der Waals surface area contributed by atoms with E-state index in [1.807, 2.05) is 12.1 Å². The normalized spacial score (nSPS) is 41.5. The SMILES string of the molecule is COC(=O)CN1C2(C(=O)OC)C3C4CC(c5ccccc54)C3C12C(=O)OC. The lowest BCUT2D eigenvalue weighted by molar-refractivity contribution is -0.162. The largest absolute Gasteiger partial charge is 0.468 e. The van der Waals surface area contributed by atoms with Crippen LogP contribution in [-0.2, 0) is 28.6 Å². The van der Waals surface area contributed by atoms with Crippen LogP contribution >= 0.6 is 0 Å². The Labute approximate surface area is 156 Å². The van der Waals surface area contributed by atoms with Crippen LogP contribution in [0.25, 0.3) is 0 Å². The van der Waals surface area contributed by atoms with Gasteiger partial charge in [-0.3, -0.25) is 9.69 Å². The number of hydrogen-bond donors (Lipinski definition) is 0. The molecule has 2 bridgehead atoms. The van der Waals surface area contributed by atoms with Crippen LogP contribution in [0, 0.1) is 11.8 Å². The molecule has 7 nitrogen and oxygen atoms in total. The zero-order chi connectivity index (χ0) is 19.1. The van der Waals surface area contributed by atoms with E-state index in [1.165, 1.54) is 32.5 Å². The van der Waals surface area contributed by atoms with E-state index in [0.717, 1.165) is 6.42 Å². The van der Waals surface area contributed by atoms with Gasteiger partial charge in [0.2, 0.25) is 0 Å². The van der Waals surface area contributed by atoms with Crippen molar-refractivity contribution in [2.75, 3.05) is 27.9 Å². The van der Waals surface area contributed by atoms with E-state index in [0.29, 0.717) is 0 Å². The molecule has 7 heteroatoms. The summed E-state index contributed by atoms with van der Waals surface area (Å²) in [6.45, 7) is -0.135. The van der Waals surface area contributed by atoms with E-state index in [1.54, 1.807) is 4.90 Å². The molecule has 0 amide bonds. The van der Waals surface area contributed by atoms with Crippen molar-refractivity contribution in [3.8, 4) is 0 Å². The fourth-order valence-electron chi connectivity index (χ4n) is 6.78. The number of methoxy groups -OCH3 is 3. The van der Waals surface area contributed by atoms with Gasteiger partial charge < -0.3 is 14.2 Å². The fourth-order valence-corrected chi connectivity index (χ4v) is 6.78. The van der Waals surface area contributed by atoms with Gasteiger partial charge in [-0.15, -0.1) is 0 Å². The van der Waals surface area contributed by atoms with Gasteiger partial charge in [0.1, 0.15) is 0 Å². The topological polar surface area (TPSA) is 81.9 Å². The lowest BCUT2D eigenvalue weighted by Gasteiger charge is -2.48. The number of rotatable bonds is 4. The maximum absolute atomic E-state index is 13.0. The molecule has 1 aromatic carbocycles. The number of benzene rings is 1. The first-order valence-electron chi connectivity index (χ1n) is 9.12. The number of esters is 3. The highest BCUT2D eigenvalue weighted by atomic mass is 16.5. The average Bonchev–Trinajstić information content (AvgIpc) is 2.95. The van der Waals surface area contributed by atoms with Crippen LogP contribution < -0.4 is 0 Å². The van der Waals surface area contributed by atoms with Crippen molar-refractivity contribution in [2.45, 2.75) is 29.3 Å². The zero-order valence-corrected chi connectivity index (χ0v) is 15.4. The zero-order valence-electron chi connectivity index (χ0n) is 15.4. The highest BCUT2D eigenvalue weighted by Gasteiger charge is 3.01. The molecule has 3 fully saturated rings. The fraction of sp³-hybridized carbons (Fsp3) is 0.550. The Hall–Kier alpha value is -2.41. The average molecular weight is 371 g/mol. The lowest BCUT2D eigenvalue weighted by Crippen LogP contribution is -2.64. The lowest BCUT2D eigenvalue weighted by atomic mass is 9.51. The van der Waals surface area contributed by atoms with E-state index in [-0.39, 0.29) is 30.2 Å². The molecule has 0 aromatic heterocycles. The summed E-state index contributed by atoms with van der Waals surface area (Å²) in [5.74, 6) is -1.20. The summed E-state index contributed by atoms with van der Waals surface area (Å²) < 4.78 is 15.1. The first-order chi connectivity index (χ1) is 13.0. The number of ether oxygens (including phenoxy) is 3. The minimum atomic E-state index is -1.14. The number of carbonyl (C=O) groups excluding carboxylic acids is 3. The molecule has 2 saturated carbocycles. The summed E-state index contributed by atoms with van der Waals surface area (Å²) in [5, 5.41) is 0. The van der Waals surface area contributed by atoms with Crippen molar-refractivity contribution in [3.05, 3.63) is 35.4 Å². The van der Waals surface area contributed by atoms with Crippen molar-refractivity contribution in [1.29, 1.82) is 0 Å². The second-order valence-corrected chi connectivity index (χ2v) is 7.81. The van der Waals surface area contributed by atoms with E-state index < -0.39 is 29.0 Å². The second-order valence-electron chi connectivity index (χ2n) is 7.81. The molecule has 6 atom stereocenters. The van der Waals surface area contributed by atoms with Gasteiger partial charge >= 0.3 is 17.9 Å². The quantitative estimate of drug-likeness (QED) is 0.336. The number of carbonyl (C=O) groups is 3. The molecular weight excluding hydrogens is 350 g/mol. The summed E-state index contributed by atoms with van der Waals surface area (Å²) in [4.78, 5) is 39.6. The smallest absolute Gasteiger partial charge is 0.329 e. The number of nitrogens with zero attached hydrogens (tertiary/aromatic N) is 1. The van der Waals surface area contributed by atoms with Crippen LogP contribution in [0.2, 0.25) is 0 Å². The van der Waals surface area contributed by atoms with Gasteiger partial charge in [-0.1, -0.05) is 24.3 Å². The predicted octanol–water partition coefficient (Wildman–Crippen LogP) is 0.829. The predicted molar refractivity (Wildman–Crippen MR) is 91.7 cm³/mol. The minimum Gasteiger partial charge on any atom is -0.468 e. The van der Waals surface area contributed by atoms with Crippen molar-refractivity contribution in [2.24, 2.45) is 11.8 Å². The summed E-state index contributed by atoms with van der Waals surface area (Å²) in [6.07, 6.45) is 0.915. The monoisotopic (exact) mass is 371 g/mol. The van der Waals surface area contributed by atoms with Gasteiger partial charge in [0.25, 0.3) is 0 Å². The van der Waals surface area contributed by atoms with E-state index in [2.05, 4.69) is 12.1 Å². The molecule has 142 valence electrons. The van der Waals surface area contributed by atoms with Crippen molar-refractivity contribution in [1.82, 2.24) is 4.90 Å². The molecule has 0 spiro atoms. The summed E-state index contributed by atoms with van der Waals surface area (Å²) in [5.41, 5.74) is 0.215. The van der Waals surface area contributed by atoms with E-state index in [4.69, 9.17) is 14.2 Å². The molecule has 1 aliphatic heterocycles. The van der Waals surface area contributed by atoms with Crippen LogP contribution in [0.3, 0.4) is 0 Å². The van der Waals surface area contributed by atoms with Gasteiger partial charge in [-0.2, -0.15) is 0 Å². The Morgan fingerprint density at radius 3 is 1.81 bits per heavy atom. The molecule has 3 aliphatic carbocycles. The van der Waals surface area contributed by atoms with Crippen LogP contribution in [0.5, 0.6) is 0 Å². The maximum Gasteiger partial charge on any atom is 0.329 e. The van der Waals surface area contributed by atoms with Crippen LogP contribution in [-0.4, -0.2) is 61.8 Å². The van der Waals surface area contributed by atoms with Gasteiger partial charge in [0.15, 0.2) is 11.1 Å². The molecule has 0 radical (unpaired) electrons. The molecular formula is C20H21NO6. The third-order valence-electron chi connectivity index (χ3n) is 7.41. The Morgan fingerprint density at radius 2 is 1.41 bits per heavy atom. The first-order valence-corrected chi connectivity index (χ1v) is 9.12. The Kier molecular flexibility index (Phi) is 3.16. The van der Waals surface area contributed by atoms with Crippen molar-refractivity contribution < 1.29 is 28.6 Å². The molecule has 27 heavy (non-hydrogen) atoms. The first kappa shape index (κ1) is 16.7. The molecule has 1 aromatic rings. The Bertz CT molecular complexity index is 822. The second kappa shape index (κ2) is 5.10. The number of likely N-dealkylation sites (tertiary alicyclic amines) is 1. The van der Waals surface area contributed by atoms with E-state index >= 15 is 0 Å². The molecule has 5 rings (SSSR count). The minimum absolute atomic E-state index is 0.0615. The maximum atomic E-state index is 13.0. The summed E-state index contributed by atoms with van der Waals surface area (Å²) in [6, 6.07) is 8.22. The van der Waals surface area contributed by atoms with Crippen LogP contribution in [0.4, 0.5) is 0 Å². The van der Waals surface area contributed by atoms with Gasteiger partial charge in [-0.05, 0) is 29.4 Å². The number of fused-ring (bicyclic) bond motifs is 11. The number of hydrogen-bond acceptors (Lipinski definition) is 7. The molecule has 1 saturated heterocycles. The molecule has 0 N–H and O–H groups in total. The molecule has 1 heterocycles. The Balaban J connectivity index is 1.66. The Morgan fingerprint density at radius 1 is 0.926 bits per heavy atom. The van der Waals surface area contributed by atoms with Gasteiger partial charge in [-0.25, -0.2) is 9.59 Å². The van der Waals surface area contributed by atoms with Gasteiger partial charge in [0, 0.05) is 11.8 Å². The molecule has 4 aliphatic rings. The standard InChI is InChI=1S/C20H21NO6/c1-25-14(22)9-21-19(17(23)26-2)15-12-8-13(11-7-5-4-6-10(11)12)16(15)20(19,21)18(24)27-3/h4-7,12-13,15-16H,8-9H2,1-3H3. The summed E-state index contributed by atoms with van der Waals surface area (Å²) >= 11 is 0. The van der Waals surface area contributed by atoms with Gasteiger partial charge in [0.05, 0.1) is 27.9 Å². The highest BCUT2D eigenvalue weighted by molar-refractivity contribution is 6.07. The molecule has 6 unspecified atom stereocenters. The highest BCUT2D eigenvalue weighted by Crippen LogP contribution is 2.84. The van der Waals surface area contributed by atoms with E-state index in [9.17, 15) is 14.4 Å². The van der Waals surface area contributed by atoms with Crippen molar-refractivity contribution >= 4 is 17.9 Å². The van der Waals surface area contributed by atoms with Crippen LogP contribution in [0.1, 0.15) is 29.4 Å².